The van der Waals surface area contributed by atoms with Crippen molar-refractivity contribution in [3.05, 3.63) is 65.3 Å². The molecule has 0 atom stereocenters. The summed E-state index contributed by atoms with van der Waals surface area (Å²) in [6, 6.07) is 15.4. The van der Waals surface area contributed by atoms with Gasteiger partial charge >= 0.3 is 0 Å². The number of aryl methyl sites for hydroxylation is 1. The Morgan fingerprint density at radius 3 is 2.67 bits per heavy atom. The predicted molar refractivity (Wildman–Crippen MR) is 107 cm³/mol. The normalized spacial score (nSPS) is 10.6. The number of amides is 1. The molecule has 7 heteroatoms. The highest BCUT2D eigenvalue weighted by Gasteiger charge is 2.15. The maximum Gasteiger partial charge on any atom is 0.238 e. The fraction of sp³-hybridized carbons (Fsp3) is 0.200. The van der Waals surface area contributed by atoms with Crippen molar-refractivity contribution in [2.75, 3.05) is 19.0 Å². The molecule has 1 aromatic heterocycles. The van der Waals surface area contributed by atoms with Gasteiger partial charge in [0.1, 0.15) is 5.75 Å². The van der Waals surface area contributed by atoms with Gasteiger partial charge in [-0.3, -0.25) is 9.48 Å². The van der Waals surface area contributed by atoms with E-state index >= 15 is 0 Å². The number of hydrogen-bond acceptors (Lipinski definition) is 4. The molecule has 0 bridgehead atoms. The number of halogens is 1. The van der Waals surface area contributed by atoms with E-state index in [0.29, 0.717) is 23.0 Å². The van der Waals surface area contributed by atoms with Crippen LogP contribution in [0.3, 0.4) is 0 Å². The number of carbonyl (C=O) groups excluding carboxylic acids is 1. The van der Waals surface area contributed by atoms with Gasteiger partial charge in [0.05, 0.1) is 30.6 Å². The maximum absolute atomic E-state index is 12.2. The molecule has 2 aromatic carbocycles. The first-order valence-corrected chi connectivity index (χ1v) is 8.86. The zero-order chi connectivity index (χ0) is 19.2. The third-order valence-electron chi connectivity index (χ3n) is 4.09. The molecular formula is C20H21ClN4O2. The average Bonchev–Trinajstić information content (AvgIpc) is 3.01. The SMILES string of the molecule is COc1ccc(NC(=O)CNCc2ccccc2)cc1-c1c(Cl)cnn1C. The summed E-state index contributed by atoms with van der Waals surface area (Å²) in [5, 5.41) is 10.7. The highest BCUT2D eigenvalue weighted by Crippen LogP contribution is 2.36. The van der Waals surface area contributed by atoms with Crippen LogP contribution in [0.1, 0.15) is 5.56 Å². The Morgan fingerprint density at radius 2 is 2.00 bits per heavy atom. The Morgan fingerprint density at radius 1 is 1.22 bits per heavy atom. The zero-order valence-corrected chi connectivity index (χ0v) is 16.0. The number of ether oxygens (including phenoxy) is 1. The predicted octanol–water partition coefficient (Wildman–Crippen LogP) is 3.48. The Kier molecular flexibility index (Phi) is 6.11. The second-order valence-corrected chi connectivity index (χ2v) is 6.42. The summed E-state index contributed by atoms with van der Waals surface area (Å²) >= 11 is 6.26. The van der Waals surface area contributed by atoms with E-state index in [2.05, 4.69) is 15.7 Å². The van der Waals surface area contributed by atoms with Crippen molar-refractivity contribution in [3.63, 3.8) is 0 Å². The summed E-state index contributed by atoms with van der Waals surface area (Å²) in [6.45, 7) is 0.843. The first-order chi connectivity index (χ1) is 13.1. The largest absolute Gasteiger partial charge is 0.496 e. The monoisotopic (exact) mass is 384 g/mol. The topological polar surface area (TPSA) is 68.2 Å². The molecule has 1 amide bonds. The van der Waals surface area contributed by atoms with Crippen LogP contribution in [0.4, 0.5) is 5.69 Å². The smallest absolute Gasteiger partial charge is 0.238 e. The molecule has 140 valence electrons. The summed E-state index contributed by atoms with van der Waals surface area (Å²) in [5.74, 6) is 0.527. The lowest BCUT2D eigenvalue weighted by atomic mass is 10.1. The number of benzene rings is 2. The van der Waals surface area contributed by atoms with Crippen molar-refractivity contribution < 1.29 is 9.53 Å². The highest BCUT2D eigenvalue weighted by molar-refractivity contribution is 6.33. The van der Waals surface area contributed by atoms with Gasteiger partial charge in [0.25, 0.3) is 0 Å². The molecule has 0 aliphatic rings. The summed E-state index contributed by atoms with van der Waals surface area (Å²) in [6.07, 6.45) is 1.58. The highest BCUT2D eigenvalue weighted by atomic mass is 35.5. The fourth-order valence-electron chi connectivity index (χ4n) is 2.81. The maximum atomic E-state index is 12.2. The number of anilines is 1. The van der Waals surface area contributed by atoms with Gasteiger partial charge in [-0.05, 0) is 23.8 Å². The van der Waals surface area contributed by atoms with Crippen LogP contribution in [0, 0.1) is 0 Å². The van der Waals surface area contributed by atoms with Crippen LogP contribution in [0.25, 0.3) is 11.3 Å². The van der Waals surface area contributed by atoms with Crippen molar-refractivity contribution in [2.24, 2.45) is 7.05 Å². The number of methoxy groups -OCH3 is 1. The minimum Gasteiger partial charge on any atom is -0.496 e. The van der Waals surface area contributed by atoms with Crippen LogP contribution in [0.5, 0.6) is 5.75 Å². The van der Waals surface area contributed by atoms with Crippen molar-refractivity contribution in [3.8, 4) is 17.0 Å². The van der Waals surface area contributed by atoms with Gasteiger partial charge in [0.2, 0.25) is 5.91 Å². The molecule has 0 radical (unpaired) electrons. The Bertz CT molecular complexity index is 905. The van der Waals surface area contributed by atoms with Crippen LogP contribution in [0.15, 0.2) is 54.7 Å². The first kappa shape index (κ1) is 18.9. The van der Waals surface area contributed by atoms with Gasteiger partial charge in [0, 0.05) is 24.8 Å². The number of aromatic nitrogens is 2. The van der Waals surface area contributed by atoms with E-state index in [1.54, 1.807) is 37.2 Å². The molecule has 0 aliphatic heterocycles. The van der Waals surface area contributed by atoms with E-state index in [1.165, 1.54) is 0 Å². The third kappa shape index (κ3) is 4.67. The minimum atomic E-state index is -0.127. The summed E-state index contributed by atoms with van der Waals surface area (Å²) < 4.78 is 7.10. The van der Waals surface area contributed by atoms with Gasteiger partial charge in [-0.2, -0.15) is 5.10 Å². The standard InChI is InChI=1S/C20H21ClN4O2/c1-25-20(17(21)12-23-25)16-10-15(8-9-18(16)27-2)24-19(26)13-22-11-14-6-4-3-5-7-14/h3-10,12,22H,11,13H2,1-2H3,(H,24,26). The van der Waals surface area contributed by atoms with E-state index in [-0.39, 0.29) is 12.5 Å². The number of rotatable bonds is 7. The fourth-order valence-corrected chi connectivity index (χ4v) is 3.07. The molecule has 0 saturated carbocycles. The lowest BCUT2D eigenvalue weighted by Gasteiger charge is -2.13. The second-order valence-electron chi connectivity index (χ2n) is 6.02. The van der Waals surface area contributed by atoms with E-state index in [4.69, 9.17) is 16.3 Å². The Balaban J connectivity index is 1.68. The quantitative estimate of drug-likeness (QED) is 0.654. The third-order valence-corrected chi connectivity index (χ3v) is 4.37. The molecule has 1 heterocycles. The Labute approximate surface area is 163 Å². The van der Waals surface area contributed by atoms with Gasteiger partial charge in [0.15, 0.2) is 0 Å². The van der Waals surface area contributed by atoms with Crippen LogP contribution >= 0.6 is 11.6 Å². The van der Waals surface area contributed by atoms with Crippen molar-refractivity contribution in [2.45, 2.75) is 6.54 Å². The van der Waals surface area contributed by atoms with Crippen LogP contribution in [-0.4, -0.2) is 29.3 Å². The summed E-state index contributed by atoms with van der Waals surface area (Å²) in [7, 11) is 3.40. The number of nitrogens with one attached hydrogen (secondary N) is 2. The molecule has 3 rings (SSSR count). The molecule has 3 aromatic rings. The molecule has 0 saturated heterocycles. The van der Waals surface area contributed by atoms with Crippen molar-refractivity contribution in [1.82, 2.24) is 15.1 Å². The summed E-state index contributed by atoms with van der Waals surface area (Å²) in [4.78, 5) is 12.2. The molecule has 2 N–H and O–H groups in total. The average molecular weight is 385 g/mol. The van der Waals surface area contributed by atoms with Gasteiger partial charge in [-0.15, -0.1) is 0 Å². The zero-order valence-electron chi connectivity index (χ0n) is 15.2. The van der Waals surface area contributed by atoms with E-state index in [0.717, 1.165) is 16.8 Å². The Hall–Kier alpha value is -2.83. The molecule has 0 aliphatic carbocycles. The van der Waals surface area contributed by atoms with Crippen LogP contribution < -0.4 is 15.4 Å². The lowest BCUT2D eigenvalue weighted by molar-refractivity contribution is -0.115. The number of carbonyl (C=O) groups is 1. The molecule has 6 nitrogen and oxygen atoms in total. The van der Waals surface area contributed by atoms with Gasteiger partial charge in [-0.25, -0.2) is 0 Å². The molecule has 27 heavy (non-hydrogen) atoms. The molecule has 0 fully saturated rings. The van der Waals surface area contributed by atoms with E-state index < -0.39 is 0 Å². The molecule has 0 unspecified atom stereocenters. The van der Waals surface area contributed by atoms with Gasteiger partial charge in [-0.1, -0.05) is 41.9 Å². The molecule has 0 spiro atoms. The van der Waals surface area contributed by atoms with Crippen LogP contribution in [-0.2, 0) is 18.4 Å². The van der Waals surface area contributed by atoms with Crippen molar-refractivity contribution in [1.29, 1.82) is 0 Å². The van der Waals surface area contributed by atoms with Crippen LogP contribution in [0.2, 0.25) is 5.02 Å². The van der Waals surface area contributed by atoms with E-state index in [1.807, 2.05) is 36.4 Å². The first-order valence-electron chi connectivity index (χ1n) is 8.49. The van der Waals surface area contributed by atoms with Gasteiger partial charge < -0.3 is 15.4 Å². The van der Waals surface area contributed by atoms with Crippen molar-refractivity contribution >= 4 is 23.2 Å². The number of hydrogen-bond donors (Lipinski definition) is 2. The van der Waals surface area contributed by atoms with E-state index in [9.17, 15) is 4.79 Å². The number of nitrogens with zero attached hydrogens (tertiary/aromatic N) is 2. The molecular weight excluding hydrogens is 364 g/mol. The summed E-state index contributed by atoms with van der Waals surface area (Å²) in [5.41, 5.74) is 3.28. The minimum absolute atomic E-state index is 0.127. The lowest BCUT2D eigenvalue weighted by Crippen LogP contribution is -2.27. The second kappa shape index (κ2) is 8.70.